The predicted molar refractivity (Wildman–Crippen MR) is 43.8 cm³/mol. The lowest BCUT2D eigenvalue weighted by Crippen LogP contribution is -1.97. The van der Waals surface area contributed by atoms with Crippen molar-refractivity contribution in [3.63, 3.8) is 0 Å². The fourth-order valence-corrected chi connectivity index (χ4v) is 1.24. The van der Waals surface area contributed by atoms with Crippen LogP contribution in [-0.2, 0) is 11.2 Å². The van der Waals surface area contributed by atoms with Crippen LogP contribution in [0.25, 0.3) is 0 Å². The van der Waals surface area contributed by atoms with Crippen molar-refractivity contribution in [1.82, 2.24) is 0 Å². The number of carbonyl (C=O) groups is 1. The van der Waals surface area contributed by atoms with Crippen molar-refractivity contribution in [2.24, 2.45) is 0 Å². The van der Waals surface area contributed by atoms with Crippen LogP contribution in [0.3, 0.4) is 0 Å². The van der Waals surface area contributed by atoms with Crippen LogP contribution < -0.4 is 0 Å². The van der Waals surface area contributed by atoms with Crippen LogP contribution in [0.4, 0.5) is 0 Å². The lowest BCUT2D eigenvalue weighted by Gasteiger charge is -1.85. The van der Waals surface area contributed by atoms with Crippen molar-refractivity contribution in [3.8, 4) is 0 Å². The molecule has 3 nitrogen and oxygen atoms in total. The highest BCUT2D eigenvalue weighted by Crippen LogP contribution is 2.05. The minimum atomic E-state index is -0.770. The van der Waals surface area contributed by atoms with E-state index in [9.17, 15) is 4.79 Å². The Morgan fingerprint density at radius 2 is 2.27 bits per heavy atom. The fraction of sp³-hybridized carbons (Fsp3) is 0.286. The second-order valence-electron chi connectivity index (χ2n) is 1.70. The third-order valence-electron chi connectivity index (χ3n) is 0.935. The Kier molecular flexibility index (Phi) is 5.42. The van der Waals surface area contributed by atoms with E-state index in [0.29, 0.717) is 0 Å². The van der Waals surface area contributed by atoms with Crippen LogP contribution in [0.2, 0.25) is 0 Å². The highest BCUT2D eigenvalue weighted by Gasteiger charge is 1.97. The SMILES string of the molecule is CO.O=C(O)Cc1ccsc1. The minimum absolute atomic E-state index is 0.142. The Labute approximate surface area is 68.9 Å². The number of aliphatic carboxylic acids is 1. The molecule has 0 bridgehead atoms. The number of thiophene rings is 1. The maximum atomic E-state index is 10.1. The molecular weight excluding hydrogens is 164 g/mol. The topological polar surface area (TPSA) is 57.5 Å². The molecule has 1 aromatic rings. The summed E-state index contributed by atoms with van der Waals surface area (Å²) in [5.74, 6) is -0.770. The van der Waals surface area contributed by atoms with Crippen LogP contribution in [0.5, 0.6) is 0 Å². The molecule has 0 aliphatic carbocycles. The van der Waals surface area contributed by atoms with Gasteiger partial charge in [0.15, 0.2) is 0 Å². The van der Waals surface area contributed by atoms with Gasteiger partial charge in [-0.3, -0.25) is 4.79 Å². The van der Waals surface area contributed by atoms with Gasteiger partial charge in [0, 0.05) is 7.11 Å². The zero-order valence-corrected chi connectivity index (χ0v) is 6.97. The molecular formula is C7H10O3S. The van der Waals surface area contributed by atoms with Crippen LogP contribution >= 0.6 is 11.3 Å². The molecule has 0 aliphatic heterocycles. The maximum absolute atomic E-state index is 10.1. The molecule has 0 aliphatic rings. The van der Waals surface area contributed by atoms with Gasteiger partial charge in [0.05, 0.1) is 6.42 Å². The fourth-order valence-electron chi connectivity index (χ4n) is 0.568. The first kappa shape index (κ1) is 10.1. The largest absolute Gasteiger partial charge is 0.481 e. The summed E-state index contributed by atoms with van der Waals surface area (Å²) in [6.45, 7) is 0. The average Bonchev–Trinajstić information content (AvgIpc) is 2.43. The first-order chi connectivity index (χ1) is 5.29. The van der Waals surface area contributed by atoms with Crippen molar-refractivity contribution in [2.75, 3.05) is 7.11 Å². The van der Waals surface area contributed by atoms with Crippen molar-refractivity contribution in [1.29, 1.82) is 0 Å². The van der Waals surface area contributed by atoms with Gasteiger partial charge in [-0.1, -0.05) is 0 Å². The summed E-state index contributed by atoms with van der Waals surface area (Å²) in [6, 6.07) is 1.82. The second kappa shape index (κ2) is 5.88. The average molecular weight is 174 g/mol. The summed E-state index contributed by atoms with van der Waals surface area (Å²) < 4.78 is 0. The summed E-state index contributed by atoms with van der Waals surface area (Å²) in [4.78, 5) is 10.1. The summed E-state index contributed by atoms with van der Waals surface area (Å²) in [7, 11) is 1.00. The van der Waals surface area contributed by atoms with Gasteiger partial charge in [-0.25, -0.2) is 0 Å². The Hall–Kier alpha value is -0.870. The number of hydrogen-bond acceptors (Lipinski definition) is 3. The van der Waals surface area contributed by atoms with Crippen LogP contribution in [-0.4, -0.2) is 23.3 Å². The highest BCUT2D eigenvalue weighted by atomic mass is 32.1. The Bertz CT molecular complexity index is 193. The van der Waals surface area contributed by atoms with Gasteiger partial charge in [-0.05, 0) is 22.4 Å². The van der Waals surface area contributed by atoms with Crippen LogP contribution in [0, 0.1) is 0 Å². The number of aliphatic hydroxyl groups is 1. The molecule has 1 heterocycles. The number of hydrogen-bond donors (Lipinski definition) is 2. The van der Waals surface area contributed by atoms with Crippen molar-refractivity contribution in [2.45, 2.75) is 6.42 Å². The molecule has 0 unspecified atom stereocenters. The zero-order valence-electron chi connectivity index (χ0n) is 6.15. The Morgan fingerprint density at radius 1 is 1.64 bits per heavy atom. The van der Waals surface area contributed by atoms with Crippen molar-refractivity contribution < 1.29 is 15.0 Å². The number of carboxylic acids is 1. The highest BCUT2D eigenvalue weighted by molar-refractivity contribution is 7.07. The van der Waals surface area contributed by atoms with E-state index >= 15 is 0 Å². The molecule has 4 heteroatoms. The van der Waals surface area contributed by atoms with E-state index in [1.165, 1.54) is 11.3 Å². The second-order valence-corrected chi connectivity index (χ2v) is 2.48. The van der Waals surface area contributed by atoms with Gasteiger partial charge in [0.1, 0.15) is 0 Å². The van der Waals surface area contributed by atoms with Gasteiger partial charge >= 0.3 is 5.97 Å². The van der Waals surface area contributed by atoms with Crippen molar-refractivity contribution >= 4 is 17.3 Å². The summed E-state index contributed by atoms with van der Waals surface area (Å²) in [6.07, 6.45) is 0.142. The van der Waals surface area contributed by atoms with E-state index in [0.717, 1.165) is 12.7 Å². The van der Waals surface area contributed by atoms with E-state index in [1.54, 1.807) is 0 Å². The third-order valence-corrected chi connectivity index (χ3v) is 1.67. The molecule has 0 saturated heterocycles. The van der Waals surface area contributed by atoms with E-state index in [-0.39, 0.29) is 6.42 Å². The molecule has 2 N–H and O–H groups in total. The van der Waals surface area contributed by atoms with Crippen molar-refractivity contribution in [3.05, 3.63) is 22.4 Å². The molecule has 0 aromatic carbocycles. The van der Waals surface area contributed by atoms with Gasteiger partial charge in [-0.2, -0.15) is 11.3 Å². The van der Waals surface area contributed by atoms with E-state index in [4.69, 9.17) is 10.2 Å². The lowest BCUT2D eigenvalue weighted by molar-refractivity contribution is -0.136. The molecule has 1 rings (SSSR count). The van der Waals surface area contributed by atoms with E-state index in [1.807, 2.05) is 16.8 Å². The zero-order chi connectivity index (χ0) is 8.69. The molecule has 62 valence electrons. The standard InChI is InChI=1S/C6H6O2S.CH4O/c7-6(8)3-5-1-2-9-4-5;1-2/h1-2,4H,3H2,(H,7,8);2H,1H3. The lowest BCUT2D eigenvalue weighted by atomic mass is 10.2. The first-order valence-electron chi connectivity index (χ1n) is 2.96. The quantitative estimate of drug-likeness (QED) is 0.702. The monoisotopic (exact) mass is 174 g/mol. The Morgan fingerprint density at radius 3 is 2.64 bits per heavy atom. The number of rotatable bonds is 2. The normalized spacial score (nSPS) is 8.18. The molecule has 1 aromatic heterocycles. The Balaban J connectivity index is 0.000000461. The number of carboxylic acid groups (broad SMARTS) is 1. The summed E-state index contributed by atoms with van der Waals surface area (Å²) in [5, 5.41) is 19.0. The molecule has 0 atom stereocenters. The predicted octanol–water partition coefficient (Wildman–Crippen LogP) is 0.984. The molecule has 0 fully saturated rings. The van der Waals surface area contributed by atoms with Gasteiger partial charge in [0.2, 0.25) is 0 Å². The first-order valence-corrected chi connectivity index (χ1v) is 3.91. The minimum Gasteiger partial charge on any atom is -0.481 e. The van der Waals surface area contributed by atoms with E-state index < -0.39 is 5.97 Å². The summed E-state index contributed by atoms with van der Waals surface area (Å²) in [5.41, 5.74) is 0.882. The van der Waals surface area contributed by atoms with Crippen LogP contribution in [0.1, 0.15) is 5.56 Å². The number of aliphatic hydroxyl groups excluding tert-OH is 1. The summed E-state index contributed by atoms with van der Waals surface area (Å²) >= 11 is 1.52. The van der Waals surface area contributed by atoms with Gasteiger partial charge < -0.3 is 10.2 Å². The third kappa shape index (κ3) is 4.52. The molecule has 0 radical (unpaired) electrons. The maximum Gasteiger partial charge on any atom is 0.307 e. The molecule has 11 heavy (non-hydrogen) atoms. The molecule has 0 amide bonds. The van der Waals surface area contributed by atoms with Gasteiger partial charge in [-0.15, -0.1) is 0 Å². The van der Waals surface area contributed by atoms with Gasteiger partial charge in [0.25, 0.3) is 0 Å². The smallest absolute Gasteiger partial charge is 0.307 e. The van der Waals surface area contributed by atoms with E-state index in [2.05, 4.69) is 0 Å². The molecule has 0 saturated carbocycles. The van der Waals surface area contributed by atoms with Crippen LogP contribution in [0.15, 0.2) is 16.8 Å². The molecule has 0 spiro atoms.